The topological polar surface area (TPSA) is 117 Å². The second-order valence-electron chi connectivity index (χ2n) is 7.07. The van der Waals surface area contributed by atoms with Crippen LogP contribution in [0.1, 0.15) is 24.0 Å². The van der Waals surface area contributed by atoms with Crippen molar-refractivity contribution in [3.63, 3.8) is 0 Å². The molecular formula is C22H24ClN3O5S. The maximum absolute atomic E-state index is 12.6. The molecule has 8 nitrogen and oxygen atoms in total. The highest BCUT2D eigenvalue weighted by atomic mass is 35.5. The number of nitrogens with one attached hydrogen (secondary N) is 1. The van der Waals surface area contributed by atoms with E-state index in [0.717, 1.165) is 11.1 Å². The Morgan fingerprint density at radius 3 is 2.47 bits per heavy atom. The van der Waals surface area contributed by atoms with Crippen LogP contribution in [0.15, 0.2) is 47.4 Å². The number of nitriles is 1. The number of esters is 1. The van der Waals surface area contributed by atoms with Crippen molar-refractivity contribution in [3.05, 3.63) is 58.6 Å². The smallest absolute Gasteiger partial charge is 0.307 e. The second-order valence-corrected chi connectivity index (χ2v) is 9.27. The summed E-state index contributed by atoms with van der Waals surface area (Å²) in [4.78, 5) is 26.0. The molecule has 0 fully saturated rings. The van der Waals surface area contributed by atoms with Crippen LogP contribution in [0.3, 0.4) is 0 Å². The lowest BCUT2D eigenvalue weighted by atomic mass is 10.1. The van der Waals surface area contributed by atoms with Gasteiger partial charge in [-0.15, -0.1) is 0 Å². The van der Waals surface area contributed by atoms with E-state index >= 15 is 0 Å². The fourth-order valence-corrected chi connectivity index (χ4v) is 4.30. The van der Waals surface area contributed by atoms with Gasteiger partial charge in [-0.05, 0) is 55.3 Å². The molecule has 1 N–H and O–H groups in total. The summed E-state index contributed by atoms with van der Waals surface area (Å²) >= 11 is 5.80. The first-order valence-corrected chi connectivity index (χ1v) is 11.6. The van der Waals surface area contributed by atoms with Crippen molar-refractivity contribution in [1.29, 1.82) is 5.26 Å². The van der Waals surface area contributed by atoms with Gasteiger partial charge in [0.2, 0.25) is 10.0 Å². The molecular weight excluding hydrogens is 454 g/mol. The molecule has 2 rings (SSSR count). The number of carbonyl (C=O) groups is 2. The summed E-state index contributed by atoms with van der Waals surface area (Å²) in [6, 6.07) is 13.3. The monoisotopic (exact) mass is 477 g/mol. The van der Waals surface area contributed by atoms with E-state index in [1.54, 1.807) is 6.07 Å². The molecule has 0 unspecified atom stereocenters. The standard InChI is InChI=1S/C22H24ClN3O5S/c1-16-11-17(2)13-19(12-16)26(10-4-8-24)21(27)15-31-22(28)7-9-25-32(29,30)20-6-3-5-18(23)14-20/h3,5-6,11-14,25H,4,7,9-10,15H2,1-2H3. The summed E-state index contributed by atoms with van der Waals surface area (Å²) < 4.78 is 31.8. The lowest BCUT2D eigenvalue weighted by molar-refractivity contribution is -0.147. The number of nitrogens with zero attached hydrogens (tertiary/aromatic N) is 2. The number of hydrogen-bond acceptors (Lipinski definition) is 6. The van der Waals surface area contributed by atoms with Crippen molar-refractivity contribution < 1.29 is 22.7 Å². The fourth-order valence-electron chi connectivity index (χ4n) is 2.96. The molecule has 32 heavy (non-hydrogen) atoms. The van der Waals surface area contributed by atoms with Crippen LogP contribution >= 0.6 is 11.6 Å². The van der Waals surface area contributed by atoms with Crippen LogP contribution in [0.5, 0.6) is 0 Å². The lowest BCUT2D eigenvalue weighted by Gasteiger charge is -2.22. The van der Waals surface area contributed by atoms with Gasteiger partial charge in [0.15, 0.2) is 6.61 Å². The second kappa shape index (κ2) is 11.6. The van der Waals surface area contributed by atoms with Crippen molar-refractivity contribution in [2.45, 2.75) is 31.6 Å². The molecule has 0 atom stereocenters. The van der Waals surface area contributed by atoms with Gasteiger partial charge in [0.05, 0.1) is 23.8 Å². The molecule has 0 saturated heterocycles. The van der Waals surface area contributed by atoms with Crippen LogP contribution in [-0.4, -0.2) is 40.0 Å². The van der Waals surface area contributed by atoms with Crippen LogP contribution in [0.25, 0.3) is 0 Å². The maximum Gasteiger partial charge on any atom is 0.307 e. The van der Waals surface area contributed by atoms with Crippen LogP contribution in [0.4, 0.5) is 5.69 Å². The zero-order valence-corrected chi connectivity index (χ0v) is 19.4. The molecule has 0 bridgehead atoms. The molecule has 0 aliphatic rings. The number of amides is 1. The van der Waals surface area contributed by atoms with Crippen molar-refractivity contribution in [3.8, 4) is 6.07 Å². The van der Waals surface area contributed by atoms with Gasteiger partial charge in [-0.2, -0.15) is 5.26 Å². The van der Waals surface area contributed by atoms with Crippen LogP contribution in [0, 0.1) is 25.2 Å². The van der Waals surface area contributed by atoms with Gasteiger partial charge in [0.1, 0.15) is 0 Å². The average Bonchev–Trinajstić information content (AvgIpc) is 2.71. The number of aryl methyl sites for hydroxylation is 2. The predicted octanol–water partition coefficient (Wildman–Crippen LogP) is 3.12. The summed E-state index contributed by atoms with van der Waals surface area (Å²) in [5.41, 5.74) is 2.53. The van der Waals surface area contributed by atoms with E-state index in [2.05, 4.69) is 4.72 Å². The SMILES string of the molecule is Cc1cc(C)cc(N(CCC#N)C(=O)COC(=O)CCNS(=O)(=O)c2cccc(Cl)c2)c1. The third kappa shape index (κ3) is 7.64. The molecule has 0 aliphatic carbocycles. The first-order chi connectivity index (χ1) is 15.1. The van der Waals surface area contributed by atoms with Gasteiger partial charge >= 0.3 is 5.97 Å². The molecule has 2 aromatic carbocycles. The summed E-state index contributed by atoms with van der Waals surface area (Å²) in [5, 5.41) is 9.17. The normalized spacial score (nSPS) is 10.9. The zero-order chi connectivity index (χ0) is 23.7. The first-order valence-electron chi connectivity index (χ1n) is 9.79. The number of ether oxygens (including phenoxy) is 1. The van der Waals surface area contributed by atoms with Crippen molar-refractivity contribution in [2.75, 3.05) is 24.6 Å². The number of rotatable bonds is 10. The first kappa shape index (κ1) is 25.3. The number of halogens is 1. The van der Waals surface area contributed by atoms with E-state index in [1.165, 1.54) is 23.1 Å². The van der Waals surface area contributed by atoms with Crippen LogP contribution in [-0.2, 0) is 24.3 Å². The number of benzene rings is 2. The molecule has 0 aromatic heterocycles. The Kier molecular flexibility index (Phi) is 9.20. The number of hydrogen-bond donors (Lipinski definition) is 1. The maximum atomic E-state index is 12.6. The summed E-state index contributed by atoms with van der Waals surface area (Å²) in [6.07, 6.45) is -0.132. The fraction of sp³-hybridized carbons (Fsp3) is 0.318. The highest BCUT2D eigenvalue weighted by Gasteiger charge is 2.19. The molecule has 0 radical (unpaired) electrons. The number of sulfonamides is 1. The lowest BCUT2D eigenvalue weighted by Crippen LogP contribution is -2.36. The van der Waals surface area contributed by atoms with Crippen molar-refractivity contribution in [1.82, 2.24) is 4.72 Å². The van der Waals surface area contributed by atoms with E-state index in [-0.39, 0.29) is 35.8 Å². The minimum absolute atomic E-state index is 0.0184. The molecule has 0 spiro atoms. The van der Waals surface area contributed by atoms with Gasteiger partial charge in [0, 0.05) is 23.8 Å². The van der Waals surface area contributed by atoms with E-state index < -0.39 is 28.5 Å². The summed E-state index contributed by atoms with van der Waals surface area (Å²) in [6.45, 7) is 3.24. The summed E-state index contributed by atoms with van der Waals surface area (Å²) in [7, 11) is -3.83. The quantitative estimate of drug-likeness (QED) is 0.525. The van der Waals surface area contributed by atoms with Gasteiger partial charge in [-0.3, -0.25) is 9.59 Å². The average molecular weight is 478 g/mol. The Morgan fingerprint density at radius 2 is 1.84 bits per heavy atom. The number of anilines is 1. The highest BCUT2D eigenvalue weighted by Crippen LogP contribution is 2.20. The Balaban J connectivity index is 1.91. The molecule has 10 heteroatoms. The van der Waals surface area contributed by atoms with Gasteiger partial charge in [0.25, 0.3) is 5.91 Å². The van der Waals surface area contributed by atoms with Gasteiger partial charge in [-0.1, -0.05) is 23.7 Å². The molecule has 2 aromatic rings. The highest BCUT2D eigenvalue weighted by molar-refractivity contribution is 7.89. The Bertz CT molecular complexity index is 1110. The zero-order valence-electron chi connectivity index (χ0n) is 17.8. The molecule has 0 saturated carbocycles. The van der Waals surface area contributed by atoms with Crippen molar-refractivity contribution in [2.24, 2.45) is 0 Å². The van der Waals surface area contributed by atoms with Crippen molar-refractivity contribution >= 4 is 39.2 Å². The third-order valence-corrected chi connectivity index (χ3v) is 6.04. The van der Waals surface area contributed by atoms with E-state index in [0.29, 0.717) is 5.69 Å². The molecule has 0 heterocycles. The van der Waals surface area contributed by atoms with E-state index in [9.17, 15) is 18.0 Å². The number of carbonyl (C=O) groups excluding carboxylic acids is 2. The van der Waals surface area contributed by atoms with E-state index in [1.807, 2.05) is 38.1 Å². The van der Waals surface area contributed by atoms with Crippen LogP contribution < -0.4 is 9.62 Å². The minimum Gasteiger partial charge on any atom is -0.456 e. The minimum atomic E-state index is -3.83. The third-order valence-electron chi connectivity index (χ3n) is 4.35. The van der Waals surface area contributed by atoms with Gasteiger partial charge < -0.3 is 9.64 Å². The van der Waals surface area contributed by atoms with Crippen LogP contribution in [0.2, 0.25) is 5.02 Å². The molecule has 170 valence electrons. The molecule has 0 aliphatic heterocycles. The Hall–Kier alpha value is -2.93. The van der Waals surface area contributed by atoms with Gasteiger partial charge in [-0.25, -0.2) is 13.1 Å². The molecule has 1 amide bonds. The largest absolute Gasteiger partial charge is 0.456 e. The summed E-state index contributed by atoms with van der Waals surface area (Å²) in [5.74, 6) is -1.20. The predicted molar refractivity (Wildman–Crippen MR) is 121 cm³/mol. The Morgan fingerprint density at radius 1 is 1.16 bits per heavy atom. The Labute approximate surface area is 192 Å². The van der Waals surface area contributed by atoms with E-state index in [4.69, 9.17) is 21.6 Å².